The van der Waals surface area contributed by atoms with Crippen LogP contribution >= 0.6 is 0 Å². The van der Waals surface area contributed by atoms with Crippen LogP contribution in [0.1, 0.15) is 42.5 Å². The Kier molecular flexibility index (Phi) is 6.43. The van der Waals surface area contributed by atoms with Crippen LogP contribution in [0.5, 0.6) is 11.5 Å². The van der Waals surface area contributed by atoms with E-state index in [1.54, 1.807) is 18.4 Å². The molecule has 1 atom stereocenters. The molecular formula is C30H29NO4. The topological polar surface area (TPSA) is 51.9 Å². The van der Waals surface area contributed by atoms with Gasteiger partial charge >= 0.3 is 0 Å². The fourth-order valence-electron chi connectivity index (χ4n) is 4.61. The van der Waals surface area contributed by atoms with Gasteiger partial charge in [0.25, 0.3) is 0 Å². The third kappa shape index (κ3) is 4.47. The Balaban J connectivity index is 1.52. The monoisotopic (exact) mass is 467 g/mol. The molecule has 0 aliphatic carbocycles. The molecule has 0 radical (unpaired) electrons. The zero-order valence-electron chi connectivity index (χ0n) is 20.3. The summed E-state index contributed by atoms with van der Waals surface area (Å²) in [7, 11) is 0. The standard InChI is InChI=1S/C30H29NO4/c1-4-31(5-2)20(3)34-24-15-13-22(14-16-24)29(32)30-28(21-10-7-6-8-11-21)25-18-23-12-9-17-33-26(23)19-27(25)35-30/h6-11,13-20H,4-5,12H2,1-3H3. The van der Waals surface area contributed by atoms with Crippen LogP contribution in [-0.2, 0) is 6.42 Å². The molecule has 2 heterocycles. The van der Waals surface area contributed by atoms with Gasteiger partial charge in [0.1, 0.15) is 23.3 Å². The average Bonchev–Trinajstić information content (AvgIpc) is 3.26. The third-order valence-electron chi connectivity index (χ3n) is 6.52. The highest BCUT2D eigenvalue weighted by molar-refractivity contribution is 6.15. The van der Waals surface area contributed by atoms with Gasteiger partial charge in [-0.1, -0.05) is 44.2 Å². The second kappa shape index (κ2) is 9.80. The minimum Gasteiger partial charge on any atom is -0.475 e. The molecule has 1 aliphatic rings. The number of carbonyl (C=O) groups is 1. The van der Waals surface area contributed by atoms with E-state index >= 15 is 0 Å². The summed E-state index contributed by atoms with van der Waals surface area (Å²) in [6.45, 7) is 8.08. The smallest absolute Gasteiger partial charge is 0.228 e. The molecule has 0 saturated heterocycles. The number of hydrogen-bond acceptors (Lipinski definition) is 5. The van der Waals surface area contributed by atoms with Crippen molar-refractivity contribution in [2.45, 2.75) is 33.4 Å². The van der Waals surface area contributed by atoms with Gasteiger partial charge in [-0.05, 0) is 74.0 Å². The second-order valence-electron chi connectivity index (χ2n) is 8.61. The van der Waals surface area contributed by atoms with Gasteiger partial charge in [0.15, 0.2) is 5.76 Å². The minimum absolute atomic E-state index is 0.0469. The lowest BCUT2D eigenvalue weighted by Crippen LogP contribution is -2.36. The molecular weight excluding hydrogens is 438 g/mol. The Labute approximate surface area is 205 Å². The molecule has 35 heavy (non-hydrogen) atoms. The number of allylic oxidation sites excluding steroid dienone is 1. The third-order valence-corrected chi connectivity index (χ3v) is 6.52. The number of furan rings is 1. The van der Waals surface area contributed by atoms with Crippen LogP contribution < -0.4 is 9.47 Å². The number of ether oxygens (including phenoxy) is 2. The van der Waals surface area contributed by atoms with Gasteiger partial charge in [0.2, 0.25) is 5.78 Å². The summed E-state index contributed by atoms with van der Waals surface area (Å²) in [6.07, 6.45) is 4.40. The number of rotatable bonds is 8. The molecule has 0 bridgehead atoms. The highest BCUT2D eigenvalue weighted by Crippen LogP contribution is 2.40. The van der Waals surface area contributed by atoms with Gasteiger partial charge in [0.05, 0.1) is 6.26 Å². The lowest BCUT2D eigenvalue weighted by Gasteiger charge is -2.26. The molecule has 178 valence electrons. The molecule has 1 aromatic heterocycles. The van der Waals surface area contributed by atoms with E-state index in [-0.39, 0.29) is 12.0 Å². The van der Waals surface area contributed by atoms with Gasteiger partial charge < -0.3 is 13.9 Å². The molecule has 0 saturated carbocycles. The summed E-state index contributed by atoms with van der Waals surface area (Å²) in [4.78, 5) is 15.9. The van der Waals surface area contributed by atoms with Crippen molar-refractivity contribution in [3.05, 3.63) is 96.0 Å². The fraction of sp³-hybridized carbons (Fsp3) is 0.233. The van der Waals surface area contributed by atoms with Crippen molar-refractivity contribution in [3.8, 4) is 22.6 Å². The lowest BCUT2D eigenvalue weighted by atomic mass is 9.96. The summed E-state index contributed by atoms with van der Waals surface area (Å²) in [5, 5.41) is 0.908. The maximum absolute atomic E-state index is 13.7. The lowest BCUT2D eigenvalue weighted by molar-refractivity contribution is 0.0481. The predicted octanol–water partition coefficient (Wildman–Crippen LogP) is 6.85. The zero-order chi connectivity index (χ0) is 24.4. The van der Waals surface area contributed by atoms with E-state index in [1.807, 2.05) is 61.5 Å². The molecule has 0 N–H and O–H groups in total. The zero-order valence-corrected chi connectivity index (χ0v) is 20.3. The van der Waals surface area contributed by atoms with Crippen LogP contribution in [0.15, 0.2) is 83.5 Å². The normalized spacial score (nSPS) is 13.5. The largest absolute Gasteiger partial charge is 0.475 e. The molecule has 1 unspecified atom stereocenters. The summed E-state index contributed by atoms with van der Waals surface area (Å²) in [5.41, 5.74) is 4.00. The second-order valence-corrected chi connectivity index (χ2v) is 8.61. The van der Waals surface area contributed by atoms with Crippen molar-refractivity contribution in [1.29, 1.82) is 0 Å². The van der Waals surface area contributed by atoms with E-state index in [9.17, 15) is 4.79 Å². The summed E-state index contributed by atoms with van der Waals surface area (Å²) < 4.78 is 17.9. The first-order valence-corrected chi connectivity index (χ1v) is 12.1. The molecule has 3 aromatic carbocycles. The van der Waals surface area contributed by atoms with Gasteiger partial charge in [-0.2, -0.15) is 0 Å². The highest BCUT2D eigenvalue weighted by Gasteiger charge is 2.25. The number of carbonyl (C=O) groups excluding carboxylic acids is 1. The van der Waals surface area contributed by atoms with Crippen molar-refractivity contribution in [1.82, 2.24) is 4.90 Å². The fourth-order valence-corrected chi connectivity index (χ4v) is 4.61. The van der Waals surface area contributed by atoms with E-state index in [2.05, 4.69) is 24.8 Å². The van der Waals surface area contributed by atoms with Gasteiger partial charge in [0, 0.05) is 22.6 Å². The summed E-state index contributed by atoms with van der Waals surface area (Å²) in [6, 6.07) is 21.1. The Morgan fingerprint density at radius 1 is 1.03 bits per heavy atom. The van der Waals surface area contributed by atoms with Gasteiger partial charge in [-0.3, -0.25) is 9.69 Å². The summed E-state index contributed by atoms with van der Waals surface area (Å²) >= 11 is 0. The van der Waals surface area contributed by atoms with Crippen LogP contribution in [0.3, 0.4) is 0 Å². The Bertz CT molecular complexity index is 1370. The molecule has 0 fully saturated rings. The molecule has 5 rings (SSSR count). The Morgan fingerprint density at radius 2 is 1.77 bits per heavy atom. The van der Waals surface area contributed by atoms with Crippen LogP contribution in [0, 0.1) is 0 Å². The van der Waals surface area contributed by atoms with Crippen molar-refractivity contribution < 1.29 is 18.7 Å². The number of hydrogen-bond donors (Lipinski definition) is 0. The van der Waals surface area contributed by atoms with Crippen LogP contribution in [0.4, 0.5) is 0 Å². The van der Waals surface area contributed by atoms with Crippen LogP contribution in [0.2, 0.25) is 0 Å². The van der Waals surface area contributed by atoms with Crippen molar-refractivity contribution in [2.24, 2.45) is 0 Å². The molecule has 5 heteroatoms. The maximum Gasteiger partial charge on any atom is 0.228 e. The number of nitrogens with zero attached hydrogens (tertiary/aromatic N) is 1. The Morgan fingerprint density at radius 3 is 2.49 bits per heavy atom. The molecule has 5 nitrogen and oxygen atoms in total. The van der Waals surface area contributed by atoms with Gasteiger partial charge in [-0.25, -0.2) is 0 Å². The SMILES string of the molecule is CCN(CC)C(C)Oc1ccc(C(=O)c2oc3cc4c(cc3c2-c2ccccc2)CC=CO4)cc1. The number of ketones is 1. The first kappa shape index (κ1) is 22.9. The summed E-state index contributed by atoms with van der Waals surface area (Å²) in [5.74, 6) is 1.65. The molecule has 0 spiro atoms. The molecule has 1 aliphatic heterocycles. The first-order chi connectivity index (χ1) is 17.1. The van der Waals surface area contributed by atoms with E-state index in [0.29, 0.717) is 16.9 Å². The highest BCUT2D eigenvalue weighted by atomic mass is 16.5. The van der Waals surface area contributed by atoms with Crippen LogP contribution in [-0.4, -0.2) is 30.0 Å². The van der Waals surface area contributed by atoms with Crippen LogP contribution in [0.25, 0.3) is 22.1 Å². The van der Waals surface area contributed by atoms with Crippen molar-refractivity contribution in [2.75, 3.05) is 13.1 Å². The van der Waals surface area contributed by atoms with Crippen molar-refractivity contribution in [3.63, 3.8) is 0 Å². The quantitative estimate of drug-likeness (QED) is 0.210. The van der Waals surface area contributed by atoms with Crippen molar-refractivity contribution >= 4 is 16.8 Å². The maximum atomic E-state index is 13.7. The minimum atomic E-state index is -0.166. The average molecular weight is 468 g/mol. The van der Waals surface area contributed by atoms with Gasteiger partial charge in [-0.15, -0.1) is 0 Å². The van der Waals surface area contributed by atoms with E-state index in [4.69, 9.17) is 13.9 Å². The first-order valence-electron chi connectivity index (χ1n) is 12.1. The predicted molar refractivity (Wildman–Crippen MR) is 138 cm³/mol. The number of benzene rings is 3. The van der Waals surface area contributed by atoms with E-state index in [1.165, 1.54) is 0 Å². The molecule has 4 aromatic rings. The van der Waals surface area contributed by atoms with E-state index < -0.39 is 0 Å². The molecule has 0 amide bonds. The van der Waals surface area contributed by atoms with E-state index in [0.717, 1.165) is 53.1 Å². The number of fused-ring (bicyclic) bond motifs is 2. The Hall–Kier alpha value is -3.83.